The topological polar surface area (TPSA) is 74.8 Å². The van der Waals surface area contributed by atoms with Gasteiger partial charge in [0.2, 0.25) is 0 Å². The molecule has 2 aliphatic rings. The lowest BCUT2D eigenvalue weighted by atomic mass is 9.82. The summed E-state index contributed by atoms with van der Waals surface area (Å²) >= 11 is 0. The van der Waals surface area contributed by atoms with Gasteiger partial charge in [-0.25, -0.2) is 0 Å². The second-order valence-corrected chi connectivity index (χ2v) is 16.7. The van der Waals surface area contributed by atoms with Crippen LogP contribution in [0.2, 0.25) is 0 Å². The molecule has 57 heavy (non-hydrogen) atoms. The first-order chi connectivity index (χ1) is 27.5. The van der Waals surface area contributed by atoms with Crippen LogP contribution in [-0.4, -0.2) is 46.5 Å². The van der Waals surface area contributed by atoms with Gasteiger partial charge in [0.15, 0.2) is 0 Å². The van der Waals surface area contributed by atoms with Crippen molar-refractivity contribution in [2.24, 2.45) is 0 Å². The highest BCUT2D eigenvalue weighted by atomic mass is 16.2. The summed E-state index contributed by atoms with van der Waals surface area (Å²) in [5.41, 5.74) is 2.28. The normalized spacial score (nSPS) is 14.0. The van der Waals surface area contributed by atoms with E-state index in [4.69, 9.17) is 0 Å². The van der Waals surface area contributed by atoms with Crippen LogP contribution in [0.5, 0.6) is 0 Å². The van der Waals surface area contributed by atoms with E-state index >= 15 is 0 Å². The fourth-order valence-corrected chi connectivity index (χ4v) is 9.64. The Bertz CT molecular complexity index is 1930. The second kappa shape index (κ2) is 19.9. The molecule has 5 aromatic carbocycles. The van der Waals surface area contributed by atoms with Crippen LogP contribution in [-0.2, 0) is 0 Å². The Hall–Kier alpha value is -4.32. The standard InChI is InChI=1S/C50H62N2O4.CH4/c1-3-5-7-9-11-13-15-17-19-21-23-33-51-47(53)39-29-25-35-37-27-31-41-46-42(32-28-38(44(37)46)36-26-30-40(48(51)54)45(39)43(35)36)50(56)52(49(41)55)34-24-22-20-18-16-14-12-10-8-6-4-2;/h25-32H,3-24,33-34H2,1-2H3;1H4. The molecule has 0 spiro atoms. The third-order valence-corrected chi connectivity index (χ3v) is 12.8. The van der Waals surface area contributed by atoms with Crippen molar-refractivity contribution in [2.75, 3.05) is 13.1 Å². The third-order valence-electron chi connectivity index (χ3n) is 12.8. The zero-order chi connectivity index (χ0) is 39.0. The minimum absolute atomic E-state index is 0. The maximum absolute atomic E-state index is 13.9. The molecule has 0 fully saturated rings. The predicted octanol–water partition coefficient (Wildman–Crippen LogP) is 14.2. The number of hydrogen-bond acceptors (Lipinski definition) is 4. The molecule has 0 radical (unpaired) electrons. The average Bonchev–Trinajstić information content (AvgIpc) is 3.21. The zero-order valence-corrected chi connectivity index (χ0v) is 34.1. The average molecular weight is 771 g/mol. The number of nitrogens with zero attached hydrogens (tertiary/aromatic N) is 2. The first-order valence-electron chi connectivity index (χ1n) is 22.4. The highest BCUT2D eigenvalue weighted by Crippen LogP contribution is 2.46. The summed E-state index contributed by atoms with van der Waals surface area (Å²) in [5, 5.41) is 6.96. The van der Waals surface area contributed by atoms with Crippen LogP contribution in [0.25, 0.3) is 43.1 Å². The lowest BCUT2D eigenvalue weighted by molar-refractivity contribution is 0.0592. The molecule has 6 heteroatoms. The molecule has 7 rings (SSSR count). The second-order valence-electron chi connectivity index (χ2n) is 16.7. The summed E-state index contributed by atoms with van der Waals surface area (Å²) in [5.74, 6) is -0.876. The minimum Gasteiger partial charge on any atom is -0.274 e. The van der Waals surface area contributed by atoms with Crippen LogP contribution in [0.3, 0.4) is 0 Å². The van der Waals surface area contributed by atoms with E-state index in [0.717, 1.165) is 81.6 Å². The molecule has 0 unspecified atom stereocenters. The largest absolute Gasteiger partial charge is 0.274 e. The summed E-state index contributed by atoms with van der Waals surface area (Å²) < 4.78 is 0. The summed E-state index contributed by atoms with van der Waals surface area (Å²) in [4.78, 5) is 58.7. The molecule has 304 valence electrons. The molecule has 0 atom stereocenters. The van der Waals surface area contributed by atoms with E-state index in [2.05, 4.69) is 13.8 Å². The van der Waals surface area contributed by atoms with Gasteiger partial charge in [0.1, 0.15) is 0 Å². The fourth-order valence-electron chi connectivity index (χ4n) is 9.64. The quantitative estimate of drug-likeness (QED) is 0.0271. The van der Waals surface area contributed by atoms with E-state index < -0.39 is 0 Å². The van der Waals surface area contributed by atoms with Crippen molar-refractivity contribution < 1.29 is 19.2 Å². The highest BCUT2D eigenvalue weighted by Gasteiger charge is 2.36. The van der Waals surface area contributed by atoms with Gasteiger partial charge in [-0.1, -0.05) is 174 Å². The van der Waals surface area contributed by atoms with Crippen molar-refractivity contribution in [1.29, 1.82) is 0 Å². The van der Waals surface area contributed by atoms with Crippen LogP contribution in [0, 0.1) is 0 Å². The molecule has 0 aliphatic carbocycles. The van der Waals surface area contributed by atoms with Gasteiger partial charge in [0.05, 0.1) is 0 Å². The van der Waals surface area contributed by atoms with Gasteiger partial charge in [-0.15, -0.1) is 0 Å². The number of carbonyl (C=O) groups excluding carboxylic acids is 4. The van der Waals surface area contributed by atoms with Crippen LogP contribution in [0.4, 0.5) is 0 Å². The van der Waals surface area contributed by atoms with Gasteiger partial charge in [0, 0.05) is 46.1 Å². The van der Waals surface area contributed by atoms with Gasteiger partial charge in [-0.3, -0.25) is 29.0 Å². The van der Waals surface area contributed by atoms with E-state index in [-0.39, 0.29) is 31.1 Å². The monoisotopic (exact) mass is 771 g/mol. The maximum Gasteiger partial charge on any atom is 0.261 e. The van der Waals surface area contributed by atoms with Crippen molar-refractivity contribution in [1.82, 2.24) is 9.80 Å². The van der Waals surface area contributed by atoms with Crippen LogP contribution in [0.1, 0.15) is 204 Å². The molecule has 0 saturated heterocycles. The lowest BCUT2D eigenvalue weighted by Crippen LogP contribution is -2.41. The molecule has 4 amide bonds. The number of hydrogen-bond donors (Lipinski definition) is 0. The number of amides is 4. The molecule has 0 N–H and O–H groups in total. The number of unbranched alkanes of at least 4 members (excludes halogenated alkanes) is 20. The molecule has 5 aromatic rings. The Kier molecular flexibility index (Phi) is 14.8. The maximum atomic E-state index is 13.9. The van der Waals surface area contributed by atoms with Crippen molar-refractivity contribution in [3.05, 3.63) is 70.8 Å². The summed E-state index contributed by atoms with van der Waals surface area (Å²) in [6.07, 6.45) is 26.7. The number of rotatable bonds is 24. The summed E-state index contributed by atoms with van der Waals surface area (Å²) in [7, 11) is 0. The Morgan fingerprint density at radius 1 is 0.316 bits per heavy atom. The van der Waals surface area contributed by atoms with Gasteiger partial charge < -0.3 is 0 Å². The number of imide groups is 2. The first-order valence-corrected chi connectivity index (χ1v) is 22.4. The van der Waals surface area contributed by atoms with E-state index in [1.165, 1.54) is 113 Å². The van der Waals surface area contributed by atoms with Gasteiger partial charge >= 0.3 is 0 Å². The summed E-state index contributed by atoms with van der Waals surface area (Å²) in [6.45, 7) is 5.37. The van der Waals surface area contributed by atoms with Crippen LogP contribution < -0.4 is 0 Å². The van der Waals surface area contributed by atoms with E-state index in [1.807, 2.05) is 48.5 Å². The number of fused-ring (bicyclic) bond motifs is 2. The highest BCUT2D eigenvalue weighted by molar-refractivity contribution is 6.41. The van der Waals surface area contributed by atoms with Crippen molar-refractivity contribution in [3.8, 4) is 0 Å². The predicted molar refractivity (Wildman–Crippen MR) is 238 cm³/mol. The van der Waals surface area contributed by atoms with Crippen LogP contribution in [0.15, 0.2) is 48.5 Å². The minimum atomic E-state index is -0.219. The fraction of sp³-hybridized carbons (Fsp3) is 0.529. The van der Waals surface area contributed by atoms with Gasteiger partial charge in [-0.2, -0.15) is 0 Å². The SMILES string of the molecule is C.CCCCCCCCCCCCCN1C(=O)c2ccc3c4ccc5c6c(ccc(c7ccc(c2c37)C1=O)c64)C(=O)N(CCCCCCCCCCCCC)C5=O. The Morgan fingerprint density at radius 2 is 0.544 bits per heavy atom. The van der Waals surface area contributed by atoms with Crippen molar-refractivity contribution in [2.45, 2.75) is 163 Å². The zero-order valence-electron chi connectivity index (χ0n) is 34.1. The Balaban J connectivity index is 0.00000549. The van der Waals surface area contributed by atoms with E-state index in [0.29, 0.717) is 35.3 Å². The number of carbonyl (C=O) groups is 4. The first kappa shape index (κ1) is 42.3. The van der Waals surface area contributed by atoms with E-state index in [9.17, 15) is 19.2 Å². The molecular weight excluding hydrogens is 705 g/mol. The molecule has 0 saturated carbocycles. The smallest absolute Gasteiger partial charge is 0.261 e. The van der Waals surface area contributed by atoms with Gasteiger partial charge in [0.25, 0.3) is 23.6 Å². The third kappa shape index (κ3) is 8.61. The molecule has 0 bridgehead atoms. The molecule has 0 aromatic heterocycles. The Labute approximate surface area is 341 Å². The molecule has 2 heterocycles. The van der Waals surface area contributed by atoms with Crippen molar-refractivity contribution >= 4 is 66.7 Å². The van der Waals surface area contributed by atoms with Gasteiger partial charge in [-0.05, 0) is 69.4 Å². The van der Waals surface area contributed by atoms with Crippen LogP contribution >= 0.6 is 0 Å². The molecule has 2 aliphatic heterocycles. The summed E-state index contributed by atoms with van der Waals surface area (Å²) in [6, 6.07) is 15.5. The Morgan fingerprint density at radius 3 is 0.789 bits per heavy atom. The number of benzene rings is 5. The lowest BCUT2D eigenvalue weighted by Gasteiger charge is -2.30. The van der Waals surface area contributed by atoms with Crippen molar-refractivity contribution in [3.63, 3.8) is 0 Å². The van der Waals surface area contributed by atoms with E-state index in [1.54, 1.807) is 0 Å². The molecular formula is C51H66N2O4. The molecule has 6 nitrogen and oxygen atoms in total.